The van der Waals surface area contributed by atoms with Crippen molar-refractivity contribution in [3.05, 3.63) is 53.3 Å². The molecule has 6 heteroatoms. The van der Waals surface area contributed by atoms with Gasteiger partial charge in [0.25, 0.3) is 0 Å². The number of ether oxygens (including phenoxy) is 1. The number of fused-ring (bicyclic) bond motifs is 1. The van der Waals surface area contributed by atoms with Gasteiger partial charge in [-0.1, -0.05) is 6.07 Å². The minimum absolute atomic E-state index is 0.176. The van der Waals surface area contributed by atoms with Crippen LogP contribution in [-0.4, -0.2) is 27.7 Å². The van der Waals surface area contributed by atoms with Crippen molar-refractivity contribution in [2.45, 2.75) is 20.8 Å². The van der Waals surface area contributed by atoms with E-state index in [0.29, 0.717) is 28.0 Å². The molecule has 0 saturated carbocycles. The molecule has 0 amide bonds. The molecule has 0 aliphatic heterocycles. The minimum atomic E-state index is -0.462. The van der Waals surface area contributed by atoms with Gasteiger partial charge in [0, 0.05) is 29.0 Å². The predicted octanol–water partition coefficient (Wildman–Crippen LogP) is 3.87. The lowest BCUT2D eigenvalue weighted by Crippen LogP contribution is -2.09. The summed E-state index contributed by atoms with van der Waals surface area (Å²) >= 11 is 0. The van der Waals surface area contributed by atoms with E-state index in [-0.39, 0.29) is 12.4 Å². The average Bonchev–Trinajstić information content (AvgIpc) is 2.58. The molecule has 128 valence electrons. The topological polar surface area (TPSA) is 84.3 Å². The van der Waals surface area contributed by atoms with Crippen LogP contribution in [0.5, 0.6) is 5.75 Å². The monoisotopic (exact) mass is 337 g/mol. The van der Waals surface area contributed by atoms with E-state index >= 15 is 0 Å². The normalized spacial score (nSPS) is 10.7. The quantitative estimate of drug-likeness (QED) is 0.703. The van der Waals surface area contributed by atoms with Crippen molar-refractivity contribution in [2.24, 2.45) is 0 Å². The number of anilines is 2. The summed E-state index contributed by atoms with van der Waals surface area (Å²) in [5.41, 5.74) is 3.67. The number of phenolic OH excluding ortho intramolecular Hbond substituents is 1. The van der Waals surface area contributed by atoms with Crippen molar-refractivity contribution >= 4 is 28.4 Å². The Bertz CT molecular complexity index is 954. The van der Waals surface area contributed by atoms with Gasteiger partial charge in [-0.3, -0.25) is 0 Å². The molecule has 3 rings (SSSR count). The molecule has 0 aliphatic rings. The maximum atomic E-state index is 12.3. The molecule has 0 saturated heterocycles. The minimum Gasteiger partial charge on any atom is -0.508 e. The van der Waals surface area contributed by atoms with Gasteiger partial charge in [0.2, 0.25) is 0 Å². The highest BCUT2D eigenvalue weighted by Gasteiger charge is 2.18. The third kappa shape index (κ3) is 3.38. The maximum absolute atomic E-state index is 12.3. The Kier molecular flexibility index (Phi) is 4.52. The van der Waals surface area contributed by atoms with E-state index in [9.17, 15) is 9.90 Å². The zero-order chi connectivity index (χ0) is 18.0. The van der Waals surface area contributed by atoms with Crippen LogP contribution in [0.2, 0.25) is 0 Å². The standard InChI is InChI=1S/C19H19N3O3/c1-4-25-19(24)15-10-20-18-14(8-6-12(3)21-18)17(15)22-13-7-5-11(2)16(23)9-13/h5-10,23H,4H2,1-3H3,(H,20,21,22). The summed E-state index contributed by atoms with van der Waals surface area (Å²) < 4.78 is 5.13. The van der Waals surface area contributed by atoms with Crippen molar-refractivity contribution in [1.82, 2.24) is 9.97 Å². The summed E-state index contributed by atoms with van der Waals surface area (Å²) in [6.45, 7) is 5.72. The van der Waals surface area contributed by atoms with Crippen molar-refractivity contribution in [3.63, 3.8) is 0 Å². The van der Waals surface area contributed by atoms with Crippen molar-refractivity contribution in [3.8, 4) is 5.75 Å². The highest BCUT2D eigenvalue weighted by Crippen LogP contribution is 2.31. The Morgan fingerprint density at radius 3 is 2.76 bits per heavy atom. The van der Waals surface area contributed by atoms with Gasteiger partial charge < -0.3 is 15.2 Å². The first kappa shape index (κ1) is 16.7. The molecule has 2 N–H and O–H groups in total. The van der Waals surface area contributed by atoms with E-state index < -0.39 is 5.97 Å². The lowest BCUT2D eigenvalue weighted by molar-refractivity contribution is 0.0527. The van der Waals surface area contributed by atoms with Crippen LogP contribution in [0.1, 0.15) is 28.5 Å². The molecule has 0 bridgehead atoms. The maximum Gasteiger partial charge on any atom is 0.341 e. The lowest BCUT2D eigenvalue weighted by Gasteiger charge is -2.14. The van der Waals surface area contributed by atoms with Crippen LogP contribution in [0.3, 0.4) is 0 Å². The summed E-state index contributed by atoms with van der Waals surface area (Å²) in [5.74, 6) is -0.286. The first-order valence-electron chi connectivity index (χ1n) is 7.99. The van der Waals surface area contributed by atoms with Gasteiger partial charge in [-0.15, -0.1) is 0 Å². The number of aromatic nitrogens is 2. The summed E-state index contributed by atoms with van der Waals surface area (Å²) in [7, 11) is 0. The number of phenols is 1. The van der Waals surface area contributed by atoms with Gasteiger partial charge in [0.1, 0.15) is 11.3 Å². The van der Waals surface area contributed by atoms with E-state index in [1.54, 1.807) is 19.1 Å². The van der Waals surface area contributed by atoms with Crippen molar-refractivity contribution < 1.29 is 14.6 Å². The molecule has 25 heavy (non-hydrogen) atoms. The fourth-order valence-electron chi connectivity index (χ4n) is 2.50. The third-order valence-corrected chi connectivity index (χ3v) is 3.84. The second kappa shape index (κ2) is 6.76. The van der Waals surface area contributed by atoms with Crippen molar-refractivity contribution in [1.29, 1.82) is 0 Å². The number of hydrogen-bond acceptors (Lipinski definition) is 6. The number of nitrogens with zero attached hydrogens (tertiary/aromatic N) is 2. The zero-order valence-electron chi connectivity index (χ0n) is 14.3. The lowest BCUT2D eigenvalue weighted by atomic mass is 10.1. The second-order valence-electron chi connectivity index (χ2n) is 5.72. The number of hydrogen-bond donors (Lipinski definition) is 2. The highest BCUT2D eigenvalue weighted by molar-refractivity contribution is 6.05. The molecule has 0 radical (unpaired) electrons. The average molecular weight is 337 g/mol. The molecule has 0 atom stereocenters. The van der Waals surface area contributed by atoms with Crippen LogP contribution in [0.15, 0.2) is 36.5 Å². The highest BCUT2D eigenvalue weighted by atomic mass is 16.5. The van der Waals surface area contributed by atoms with E-state index in [0.717, 1.165) is 11.3 Å². The Hall–Kier alpha value is -3.15. The molecule has 2 aromatic heterocycles. The van der Waals surface area contributed by atoms with E-state index in [1.165, 1.54) is 6.20 Å². The fraction of sp³-hybridized carbons (Fsp3) is 0.211. The van der Waals surface area contributed by atoms with Crippen LogP contribution in [0, 0.1) is 13.8 Å². The van der Waals surface area contributed by atoms with E-state index in [1.807, 2.05) is 32.0 Å². The predicted molar refractivity (Wildman–Crippen MR) is 96.4 cm³/mol. The number of nitrogens with one attached hydrogen (secondary N) is 1. The molecule has 2 heterocycles. The Morgan fingerprint density at radius 1 is 1.24 bits per heavy atom. The van der Waals surface area contributed by atoms with E-state index in [4.69, 9.17) is 4.74 Å². The molecule has 6 nitrogen and oxygen atoms in total. The smallest absolute Gasteiger partial charge is 0.341 e. The Labute approximate surface area is 145 Å². The molecular weight excluding hydrogens is 318 g/mol. The summed E-state index contributed by atoms with van der Waals surface area (Å²) in [4.78, 5) is 21.0. The van der Waals surface area contributed by atoms with Crippen LogP contribution in [-0.2, 0) is 4.74 Å². The molecule has 0 unspecified atom stereocenters. The van der Waals surface area contributed by atoms with Gasteiger partial charge in [0.05, 0.1) is 12.3 Å². The first-order chi connectivity index (χ1) is 12.0. The van der Waals surface area contributed by atoms with Gasteiger partial charge >= 0.3 is 5.97 Å². The molecule has 3 aromatic rings. The number of aryl methyl sites for hydroxylation is 2. The second-order valence-corrected chi connectivity index (χ2v) is 5.72. The van der Waals surface area contributed by atoms with Crippen LogP contribution in [0.25, 0.3) is 11.0 Å². The third-order valence-electron chi connectivity index (χ3n) is 3.84. The largest absolute Gasteiger partial charge is 0.508 e. The van der Waals surface area contributed by atoms with Gasteiger partial charge in [-0.05, 0) is 44.5 Å². The van der Waals surface area contributed by atoms with Crippen LogP contribution >= 0.6 is 0 Å². The fourth-order valence-corrected chi connectivity index (χ4v) is 2.50. The van der Waals surface area contributed by atoms with Gasteiger partial charge in [0.15, 0.2) is 5.65 Å². The van der Waals surface area contributed by atoms with Gasteiger partial charge in [-0.2, -0.15) is 0 Å². The number of aromatic hydroxyl groups is 1. The van der Waals surface area contributed by atoms with Crippen LogP contribution in [0.4, 0.5) is 11.4 Å². The van der Waals surface area contributed by atoms with E-state index in [2.05, 4.69) is 15.3 Å². The zero-order valence-corrected chi connectivity index (χ0v) is 14.3. The molecule has 0 spiro atoms. The summed E-state index contributed by atoms with van der Waals surface area (Å²) in [5, 5.41) is 13.8. The number of esters is 1. The number of pyridine rings is 2. The summed E-state index contributed by atoms with van der Waals surface area (Å²) in [6.07, 6.45) is 1.46. The summed E-state index contributed by atoms with van der Waals surface area (Å²) in [6, 6.07) is 8.96. The van der Waals surface area contributed by atoms with Crippen LogP contribution < -0.4 is 5.32 Å². The number of carbonyl (C=O) groups excluding carboxylic acids is 1. The molecular formula is C19H19N3O3. The molecule has 0 aliphatic carbocycles. The molecule has 0 fully saturated rings. The van der Waals surface area contributed by atoms with Gasteiger partial charge in [-0.25, -0.2) is 14.8 Å². The van der Waals surface area contributed by atoms with Crippen molar-refractivity contribution in [2.75, 3.05) is 11.9 Å². The number of benzene rings is 1. The Balaban J connectivity index is 2.15. The Morgan fingerprint density at radius 2 is 2.04 bits per heavy atom. The number of carbonyl (C=O) groups is 1. The first-order valence-corrected chi connectivity index (χ1v) is 7.99. The molecule has 1 aromatic carbocycles. The SMILES string of the molecule is CCOC(=O)c1cnc2nc(C)ccc2c1Nc1ccc(C)c(O)c1. The number of rotatable bonds is 4.